The van der Waals surface area contributed by atoms with E-state index < -0.39 is 0 Å². The van der Waals surface area contributed by atoms with Crippen molar-refractivity contribution in [1.29, 1.82) is 0 Å². The minimum absolute atomic E-state index is 0.125. The quantitative estimate of drug-likeness (QED) is 0.184. The number of thiophene rings is 1. The molecule has 3 heterocycles. The average molecular weight is 697 g/mol. The monoisotopic (exact) mass is 696 g/mol. The maximum absolute atomic E-state index is 5.17. The summed E-state index contributed by atoms with van der Waals surface area (Å²) in [7, 11) is 0. The topological polar surface area (TPSA) is 43.6 Å². The molecule has 0 saturated carbocycles. The van der Waals surface area contributed by atoms with Crippen LogP contribution in [-0.4, -0.2) is 19.5 Å². The fourth-order valence-electron chi connectivity index (χ4n) is 8.50. The van der Waals surface area contributed by atoms with E-state index in [0.717, 1.165) is 22.4 Å². The number of hydrogen-bond acceptors (Lipinski definition) is 4. The van der Waals surface area contributed by atoms with Gasteiger partial charge in [0.05, 0.1) is 16.7 Å². The Morgan fingerprint density at radius 3 is 1.79 bits per heavy atom. The van der Waals surface area contributed by atoms with Crippen molar-refractivity contribution in [3.8, 4) is 51.0 Å². The van der Waals surface area contributed by atoms with Crippen LogP contribution in [0.5, 0.6) is 0 Å². The molecule has 1 aliphatic rings. The van der Waals surface area contributed by atoms with Gasteiger partial charge in [-0.25, -0.2) is 15.0 Å². The van der Waals surface area contributed by atoms with Gasteiger partial charge >= 0.3 is 0 Å². The van der Waals surface area contributed by atoms with E-state index in [0.29, 0.717) is 17.5 Å². The molecular formula is C48H32N4S. The Morgan fingerprint density at radius 1 is 0.453 bits per heavy atom. The molecule has 0 N–H and O–H groups in total. The molecule has 10 aromatic rings. The highest BCUT2D eigenvalue weighted by atomic mass is 32.1. The zero-order valence-electron chi connectivity index (χ0n) is 29.2. The molecule has 11 rings (SSSR count). The van der Waals surface area contributed by atoms with Crippen LogP contribution in [0.25, 0.3) is 93.0 Å². The van der Waals surface area contributed by atoms with Gasteiger partial charge in [0.2, 0.25) is 0 Å². The maximum Gasteiger partial charge on any atom is 0.164 e. The third-order valence-electron chi connectivity index (χ3n) is 11.0. The Hall–Kier alpha value is -6.43. The van der Waals surface area contributed by atoms with Crippen LogP contribution in [0.15, 0.2) is 158 Å². The van der Waals surface area contributed by atoms with Gasteiger partial charge in [0.25, 0.3) is 0 Å². The van der Waals surface area contributed by atoms with Gasteiger partial charge in [-0.05, 0) is 58.7 Å². The molecule has 0 unspecified atom stereocenters. The van der Waals surface area contributed by atoms with Crippen molar-refractivity contribution in [2.45, 2.75) is 19.3 Å². The molecule has 53 heavy (non-hydrogen) atoms. The smallest absolute Gasteiger partial charge is 0.164 e. The third kappa shape index (κ3) is 4.51. The number of aromatic nitrogens is 4. The first-order valence-corrected chi connectivity index (χ1v) is 18.9. The molecule has 0 bridgehead atoms. The van der Waals surface area contributed by atoms with Crippen molar-refractivity contribution in [3.63, 3.8) is 0 Å². The number of benzene rings is 7. The first kappa shape index (κ1) is 30.2. The van der Waals surface area contributed by atoms with E-state index in [1.165, 1.54) is 64.2 Å². The van der Waals surface area contributed by atoms with Crippen molar-refractivity contribution in [2.24, 2.45) is 0 Å². The summed E-state index contributed by atoms with van der Waals surface area (Å²) in [5.41, 5.74) is 11.6. The molecule has 7 aromatic carbocycles. The van der Waals surface area contributed by atoms with E-state index in [9.17, 15) is 0 Å². The van der Waals surface area contributed by atoms with Crippen LogP contribution in [0.2, 0.25) is 0 Å². The third-order valence-corrected chi connectivity index (χ3v) is 12.1. The summed E-state index contributed by atoms with van der Waals surface area (Å²) in [6.07, 6.45) is 0. The second kappa shape index (κ2) is 11.3. The lowest BCUT2D eigenvalue weighted by Crippen LogP contribution is -2.15. The summed E-state index contributed by atoms with van der Waals surface area (Å²) in [5.74, 6) is 1.96. The van der Waals surface area contributed by atoms with Gasteiger partial charge in [-0.15, -0.1) is 11.3 Å². The fraction of sp³-hybridized carbons (Fsp3) is 0.0625. The summed E-state index contributed by atoms with van der Waals surface area (Å²) in [5, 5.41) is 4.98. The minimum atomic E-state index is -0.125. The molecule has 250 valence electrons. The molecule has 1 aliphatic carbocycles. The van der Waals surface area contributed by atoms with Gasteiger partial charge in [0, 0.05) is 53.1 Å². The van der Waals surface area contributed by atoms with E-state index in [1.807, 2.05) is 47.7 Å². The molecule has 0 saturated heterocycles. The van der Waals surface area contributed by atoms with Crippen LogP contribution < -0.4 is 0 Å². The number of rotatable bonds is 4. The first-order chi connectivity index (χ1) is 26.0. The lowest BCUT2D eigenvalue weighted by molar-refractivity contribution is 0.661. The lowest BCUT2D eigenvalue weighted by Gasteiger charge is -2.22. The number of nitrogens with zero attached hydrogens (tertiary/aromatic N) is 4. The molecule has 0 aliphatic heterocycles. The molecule has 0 radical (unpaired) electrons. The van der Waals surface area contributed by atoms with Gasteiger partial charge in [-0.3, -0.25) is 0 Å². The van der Waals surface area contributed by atoms with Gasteiger partial charge in [-0.1, -0.05) is 135 Å². The van der Waals surface area contributed by atoms with E-state index >= 15 is 0 Å². The Bertz CT molecular complexity index is 3020. The summed E-state index contributed by atoms with van der Waals surface area (Å²) in [6.45, 7) is 4.72. The van der Waals surface area contributed by atoms with E-state index in [1.54, 1.807) is 0 Å². The van der Waals surface area contributed by atoms with Crippen LogP contribution in [0, 0.1) is 0 Å². The van der Waals surface area contributed by atoms with Crippen molar-refractivity contribution in [1.82, 2.24) is 19.5 Å². The number of para-hydroxylation sites is 1. The molecule has 0 atom stereocenters. The Morgan fingerprint density at radius 2 is 1.06 bits per heavy atom. The molecule has 4 nitrogen and oxygen atoms in total. The summed E-state index contributed by atoms with van der Waals surface area (Å²) in [4.78, 5) is 15.3. The molecule has 3 aromatic heterocycles. The highest BCUT2D eigenvalue weighted by Gasteiger charge is 2.36. The normalized spacial score (nSPS) is 13.2. The van der Waals surface area contributed by atoms with Crippen molar-refractivity contribution < 1.29 is 0 Å². The van der Waals surface area contributed by atoms with Crippen LogP contribution in [-0.2, 0) is 5.41 Å². The zero-order valence-corrected chi connectivity index (χ0v) is 30.0. The second-order valence-corrected chi connectivity index (χ2v) is 15.5. The van der Waals surface area contributed by atoms with E-state index in [4.69, 9.17) is 15.0 Å². The first-order valence-electron chi connectivity index (χ1n) is 18.0. The van der Waals surface area contributed by atoms with Crippen LogP contribution >= 0.6 is 11.3 Å². The van der Waals surface area contributed by atoms with Crippen LogP contribution in [0.1, 0.15) is 25.0 Å². The number of hydrogen-bond donors (Lipinski definition) is 0. The lowest BCUT2D eigenvalue weighted by atomic mass is 9.82. The Balaban J connectivity index is 1.24. The predicted octanol–water partition coefficient (Wildman–Crippen LogP) is 12.6. The highest BCUT2D eigenvalue weighted by molar-refractivity contribution is 7.26. The molecule has 0 spiro atoms. The summed E-state index contributed by atoms with van der Waals surface area (Å²) >= 11 is 1.82. The standard InChI is InChI=1S/C48H32N4S/c1-48(2)37-22-12-9-19-32(37)35-27-36-33-20-10-13-23-39(33)52(40(36)28-38(35)48)41-25-31(26-43-44(41)34-21-11-14-24-42(34)53-43)47-50-45(29-15-5-3-6-16-29)49-46(51-47)30-17-7-4-8-18-30/h3-28H,1-2H3. The maximum atomic E-state index is 5.17. The van der Waals surface area contributed by atoms with Gasteiger partial charge < -0.3 is 4.57 Å². The highest BCUT2D eigenvalue weighted by Crippen LogP contribution is 2.51. The Labute approximate surface area is 310 Å². The summed E-state index contributed by atoms with van der Waals surface area (Å²) < 4.78 is 4.94. The fourth-order valence-corrected chi connectivity index (χ4v) is 9.66. The van der Waals surface area contributed by atoms with Crippen molar-refractivity contribution in [2.75, 3.05) is 0 Å². The molecule has 0 fully saturated rings. The van der Waals surface area contributed by atoms with Crippen LogP contribution in [0.3, 0.4) is 0 Å². The van der Waals surface area contributed by atoms with E-state index in [2.05, 4.69) is 140 Å². The SMILES string of the molecule is CC1(C)c2ccccc2-c2cc3c4ccccc4n(-c4cc(-c5nc(-c6ccccc6)nc(-c6ccccc6)n5)cc5sc6ccccc6c45)c3cc21. The van der Waals surface area contributed by atoms with Crippen LogP contribution in [0.4, 0.5) is 0 Å². The molecule has 0 amide bonds. The summed E-state index contributed by atoms with van der Waals surface area (Å²) in [6, 6.07) is 56.4. The zero-order chi connectivity index (χ0) is 35.3. The number of fused-ring (bicyclic) bond motifs is 9. The average Bonchev–Trinajstić information content (AvgIpc) is 3.83. The van der Waals surface area contributed by atoms with E-state index in [-0.39, 0.29) is 5.41 Å². The molecular weight excluding hydrogens is 665 g/mol. The minimum Gasteiger partial charge on any atom is -0.309 e. The van der Waals surface area contributed by atoms with Gasteiger partial charge in [0.1, 0.15) is 0 Å². The van der Waals surface area contributed by atoms with Gasteiger partial charge in [0.15, 0.2) is 17.5 Å². The second-order valence-electron chi connectivity index (χ2n) is 14.4. The van der Waals surface area contributed by atoms with Gasteiger partial charge in [-0.2, -0.15) is 0 Å². The largest absolute Gasteiger partial charge is 0.309 e. The predicted molar refractivity (Wildman–Crippen MR) is 221 cm³/mol. The molecule has 5 heteroatoms. The Kier molecular flexibility index (Phi) is 6.43. The van der Waals surface area contributed by atoms with Crippen molar-refractivity contribution >= 4 is 53.3 Å². The van der Waals surface area contributed by atoms with Crippen molar-refractivity contribution in [3.05, 3.63) is 169 Å².